The Labute approximate surface area is 125 Å². The van der Waals surface area contributed by atoms with Gasteiger partial charge < -0.3 is 10.5 Å². The molecule has 3 heteroatoms. The second kappa shape index (κ2) is 6.78. The maximum absolute atomic E-state index is 6.10. The summed E-state index contributed by atoms with van der Waals surface area (Å²) in [4.78, 5) is 0. The predicted octanol–water partition coefficient (Wildman–Crippen LogP) is 4.72. The van der Waals surface area contributed by atoms with Crippen LogP contribution in [0, 0.1) is 6.92 Å². The second-order valence-electron chi connectivity index (χ2n) is 5.00. The number of rotatable bonds is 5. The molecule has 0 aliphatic rings. The smallest absolute Gasteiger partial charge is 0.146 e. The van der Waals surface area contributed by atoms with Crippen molar-refractivity contribution in [3.63, 3.8) is 0 Å². The van der Waals surface area contributed by atoms with E-state index in [1.54, 1.807) is 0 Å². The number of nitrogens with two attached hydrogens (primary N) is 1. The van der Waals surface area contributed by atoms with Crippen molar-refractivity contribution in [2.75, 3.05) is 0 Å². The lowest BCUT2D eigenvalue weighted by Crippen LogP contribution is -2.21. The first-order chi connectivity index (χ1) is 9.60. The molecule has 0 spiro atoms. The standard InChI is InChI=1S/C17H20ClNO/c1-3-14(19)11-13-8-9-16(12(2)10-13)20-17-7-5-4-6-15(17)18/h4-10,14H,3,11,19H2,1-2H3. The van der Waals surface area contributed by atoms with Crippen molar-refractivity contribution < 1.29 is 4.74 Å². The van der Waals surface area contributed by atoms with Crippen LogP contribution in [0.2, 0.25) is 5.02 Å². The van der Waals surface area contributed by atoms with Gasteiger partial charge in [-0.25, -0.2) is 0 Å². The molecule has 2 N–H and O–H groups in total. The first-order valence-electron chi connectivity index (χ1n) is 6.87. The molecule has 0 aliphatic heterocycles. The Morgan fingerprint density at radius 2 is 1.90 bits per heavy atom. The van der Waals surface area contributed by atoms with E-state index in [1.165, 1.54) is 5.56 Å². The van der Waals surface area contributed by atoms with Crippen LogP contribution in [0.4, 0.5) is 0 Å². The number of para-hydroxylation sites is 1. The lowest BCUT2D eigenvalue weighted by atomic mass is 10.0. The number of ether oxygens (including phenoxy) is 1. The Morgan fingerprint density at radius 3 is 2.55 bits per heavy atom. The van der Waals surface area contributed by atoms with Crippen LogP contribution in [0.25, 0.3) is 0 Å². The van der Waals surface area contributed by atoms with Gasteiger partial charge >= 0.3 is 0 Å². The number of hydrogen-bond donors (Lipinski definition) is 1. The molecule has 0 saturated heterocycles. The average molecular weight is 290 g/mol. The van der Waals surface area contributed by atoms with E-state index in [0.29, 0.717) is 10.8 Å². The zero-order valence-corrected chi connectivity index (χ0v) is 12.7. The lowest BCUT2D eigenvalue weighted by Gasteiger charge is -2.13. The van der Waals surface area contributed by atoms with Gasteiger partial charge in [0.05, 0.1) is 5.02 Å². The molecule has 0 aliphatic carbocycles. The van der Waals surface area contributed by atoms with Gasteiger partial charge in [0.25, 0.3) is 0 Å². The zero-order chi connectivity index (χ0) is 14.5. The van der Waals surface area contributed by atoms with Crippen LogP contribution < -0.4 is 10.5 Å². The average Bonchev–Trinajstić information content (AvgIpc) is 2.44. The normalized spacial score (nSPS) is 12.2. The van der Waals surface area contributed by atoms with Crippen molar-refractivity contribution >= 4 is 11.6 Å². The molecule has 0 aromatic heterocycles. The fraction of sp³-hybridized carbons (Fsp3) is 0.294. The van der Waals surface area contributed by atoms with Crippen LogP contribution >= 0.6 is 11.6 Å². The fourth-order valence-corrected chi connectivity index (χ4v) is 2.22. The fourth-order valence-electron chi connectivity index (χ4n) is 2.05. The SMILES string of the molecule is CCC(N)Cc1ccc(Oc2ccccc2Cl)c(C)c1. The third-order valence-electron chi connectivity index (χ3n) is 3.32. The lowest BCUT2D eigenvalue weighted by molar-refractivity contribution is 0.478. The van der Waals surface area contributed by atoms with Crippen LogP contribution in [0.3, 0.4) is 0 Å². The van der Waals surface area contributed by atoms with Crippen molar-refractivity contribution in [2.24, 2.45) is 5.73 Å². The molecule has 2 aromatic rings. The number of aryl methyl sites for hydroxylation is 1. The van der Waals surface area contributed by atoms with E-state index in [4.69, 9.17) is 22.1 Å². The number of halogens is 1. The molecular weight excluding hydrogens is 270 g/mol. The maximum Gasteiger partial charge on any atom is 0.146 e. The summed E-state index contributed by atoms with van der Waals surface area (Å²) in [5, 5.41) is 0.615. The molecule has 106 valence electrons. The molecule has 0 saturated carbocycles. The molecule has 0 heterocycles. The molecule has 0 amide bonds. The van der Waals surface area contributed by atoms with Crippen molar-refractivity contribution in [2.45, 2.75) is 32.7 Å². The molecule has 2 rings (SSSR count). The minimum atomic E-state index is 0.213. The Kier molecular flexibility index (Phi) is 5.05. The van der Waals surface area contributed by atoms with E-state index in [-0.39, 0.29) is 6.04 Å². The van der Waals surface area contributed by atoms with Crippen molar-refractivity contribution in [1.82, 2.24) is 0 Å². The Hall–Kier alpha value is -1.51. The summed E-state index contributed by atoms with van der Waals surface area (Å²) in [7, 11) is 0. The van der Waals surface area contributed by atoms with Crippen LogP contribution in [-0.2, 0) is 6.42 Å². The van der Waals surface area contributed by atoms with Gasteiger partial charge in [-0.2, -0.15) is 0 Å². The molecule has 0 fully saturated rings. The van der Waals surface area contributed by atoms with Gasteiger partial charge in [0.2, 0.25) is 0 Å². The quantitative estimate of drug-likeness (QED) is 0.864. The Morgan fingerprint density at radius 1 is 1.15 bits per heavy atom. The van der Waals surface area contributed by atoms with Gasteiger partial charge in [0.15, 0.2) is 0 Å². The van der Waals surface area contributed by atoms with Crippen LogP contribution in [0.15, 0.2) is 42.5 Å². The van der Waals surface area contributed by atoms with E-state index in [1.807, 2.05) is 37.3 Å². The summed E-state index contributed by atoms with van der Waals surface area (Å²) in [6.45, 7) is 4.14. The van der Waals surface area contributed by atoms with Crippen LogP contribution in [-0.4, -0.2) is 6.04 Å². The summed E-state index contributed by atoms with van der Waals surface area (Å²) in [5.41, 5.74) is 8.32. The Balaban J connectivity index is 2.16. The van der Waals surface area contributed by atoms with Crippen molar-refractivity contribution in [3.05, 3.63) is 58.6 Å². The first-order valence-corrected chi connectivity index (χ1v) is 7.25. The highest BCUT2D eigenvalue weighted by atomic mass is 35.5. The molecule has 20 heavy (non-hydrogen) atoms. The molecule has 0 bridgehead atoms. The number of hydrogen-bond acceptors (Lipinski definition) is 2. The van der Waals surface area contributed by atoms with Crippen molar-refractivity contribution in [1.29, 1.82) is 0 Å². The van der Waals surface area contributed by atoms with Gasteiger partial charge in [0, 0.05) is 6.04 Å². The largest absolute Gasteiger partial charge is 0.456 e. The predicted molar refractivity (Wildman–Crippen MR) is 84.7 cm³/mol. The second-order valence-corrected chi connectivity index (χ2v) is 5.41. The van der Waals surface area contributed by atoms with Gasteiger partial charge in [-0.15, -0.1) is 0 Å². The monoisotopic (exact) mass is 289 g/mol. The maximum atomic E-state index is 6.10. The molecule has 1 atom stereocenters. The summed E-state index contributed by atoms with van der Waals surface area (Å²) >= 11 is 6.10. The molecule has 1 unspecified atom stereocenters. The van der Waals surface area contributed by atoms with Crippen LogP contribution in [0.1, 0.15) is 24.5 Å². The third-order valence-corrected chi connectivity index (χ3v) is 3.63. The molecule has 0 radical (unpaired) electrons. The summed E-state index contributed by atoms with van der Waals surface area (Å²) in [6.07, 6.45) is 1.88. The van der Waals surface area contributed by atoms with Gasteiger partial charge in [0.1, 0.15) is 11.5 Å². The topological polar surface area (TPSA) is 35.2 Å². The van der Waals surface area contributed by atoms with E-state index in [0.717, 1.165) is 24.2 Å². The van der Waals surface area contributed by atoms with E-state index in [9.17, 15) is 0 Å². The minimum absolute atomic E-state index is 0.213. The molecule has 2 aromatic carbocycles. The van der Waals surface area contributed by atoms with Gasteiger partial charge in [-0.05, 0) is 49.1 Å². The third kappa shape index (κ3) is 3.75. The van der Waals surface area contributed by atoms with E-state index >= 15 is 0 Å². The number of benzene rings is 2. The van der Waals surface area contributed by atoms with E-state index < -0.39 is 0 Å². The van der Waals surface area contributed by atoms with E-state index in [2.05, 4.69) is 19.1 Å². The molecular formula is C17H20ClNO. The highest BCUT2D eigenvalue weighted by molar-refractivity contribution is 6.32. The minimum Gasteiger partial charge on any atom is -0.456 e. The summed E-state index contributed by atoms with van der Waals surface area (Å²) < 4.78 is 5.86. The van der Waals surface area contributed by atoms with Crippen molar-refractivity contribution in [3.8, 4) is 11.5 Å². The Bertz CT molecular complexity index is 583. The highest BCUT2D eigenvalue weighted by Gasteiger charge is 2.07. The summed E-state index contributed by atoms with van der Waals surface area (Å²) in [5.74, 6) is 1.50. The summed E-state index contributed by atoms with van der Waals surface area (Å²) in [6, 6.07) is 13.9. The van der Waals surface area contributed by atoms with Gasteiger partial charge in [-0.1, -0.05) is 42.8 Å². The molecule has 2 nitrogen and oxygen atoms in total. The van der Waals surface area contributed by atoms with Crippen LogP contribution in [0.5, 0.6) is 11.5 Å². The van der Waals surface area contributed by atoms with Gasteiger partial charge in [-0.3, -0.25) is 0 Å². The zero-order valence-electron chi connectivity index (χ0n) is 11.9. The highest BCUT2D eigenvalue weighted by Crippen LogP contribution is 2.31. The first kappa shape index (κ1) is 14.9.